The average Bonchev–Trinajstić information content (AvgIpc) is 2.65. The number of hydrogen-bond donors (Lipinski definition) is 1. The minimum Gasteiger partial charge on any atom is -0.348 e. The van der Waals surface area contributed by atoms with Crippen molar-refractivity contribution in [2.45, 2.75) is 57.5 Å². The second-order valence-electron chi connectivity index (χ2n) is 5.10. The van der Waals surface area contributed by atoms with Crippen molar-refractivity contribution in [3.05, 3.63) is 11.1 Å². The van der Waals surface area contributed by atoms with Gasteiger partial charge in [-0.25, -0.2) is 4.98 Å². The molecule has 0 radical (unpaired) electrons. The SMILES string of the molecule is CC(N)c1csc(N(C)C2CCCCCC2)n1. The summed E-state index contributed by atoms with van der Waals surface area (Å²) in [6, 6.07) is 0.715. The lowest BCUT2D eigenvalue weighted by atomic mass is 10.1. The van der Waals surface area contributed by atoms with Crippen molar-refractivity contribution < 1.29 is 0 Å². The Morgan fingerprint density at radius 3 is 2.53 bits per heavy atom. The molecule has 0 aliphatic heterocycles. The molecule has 1 aromatic heterocycles. The maximum absolute atomic E-state index is 5.86. The van der Waals surface area contributed by atoms with E-state index in [9.17, 15) is 0 Å². The fraction of sp³-hybridized carbons (Fsp3) is 0.769. The van der Waals surface area contributed by atoms with Gasteiger partial charge in [-0.05, 0) is 19.8 Å². The summed E-state index contributed by atoms with van der Waals surface area (Å²) in [5.41, 5.74) is 6.88. The lowest BCUT2D eigenvalue weighted by Crippen LogP contribution is -2.31. The molecule has 1 fully saturated rings. The second-order valence-corrected chi connectivity index (χ2v) is 5.94. The van der Waals surface area contributed by atoms with Crippen LogP contribution >= 0.6 is 11.3 Å². The molecule has 1 heterocycles. The molecule has 2 rings (SSSR count). The molecule has 3 nitrogen and oxygen atoms in total. The highest BCUT2D eigenvalue weighted by molar-refractivity contribution is 7.13. The van der Waals surface area contributed by atoms with Crippen LogP contribution in [0.5, 0.6) is 0 Å². The fourth-order valence-electron chi connectivity index (χ4n) is 2.45. The maximum Gasteiger partial charge on any atom is 0.185 e. The monoisotopic (exact) mass is 253 g/mol. The molecular weight excluding hydrogens is 230 g/mol. The quantitative estimate of drug-likeness (QED) is 0.840. The van der Waals surface area contributed by atoms with E-state index in [1.807, 2.05) is 6.92 Å². The fourth-order valence-corrected chi connectivity index (χ4v) is 3.42. The molecule has 1 atom stereocenters. The van der Waals surface area contributed by atoms with E-state index in [1.165, 1.54) is 38.5 Å². The van der Waals surface area contributed by atoms with Crippen LogP contribution in [0.2, 0.25) is 0 Å². The third-order valence-corrected chi connectivity index (χ3v) is 4.60. The molecule has 0 saturated heterocycles. The highest BCUT2D eigenvalue weighted by Gasteiger charge is 2.19. The van der Waals surface area contributed by atoms with Gasteiger partial charge in [-0.3, -0.25) is 0 Å². The van der Waals surface area contributed by atoms with Crippen LogP contribution in [0.25, 0.3) is 0 Å². The Labute approximate surface area is 108 Å². The molecule has 17 heavy (non-hydrogen) atoms. The van der Waals surface area contributed by atoms with Crippen LogP contribution in [0.4, 0.5) is 5.13 Å². The molecule has 0 spiro atoms. The molecule has 1 aliphatic rings. The lowest BCUT2D eigenvalue weighted by Gasteiger charge is -2.26. The zero-order chi connectivity index (χ0) is 12.3. The predicted octanol–water partition coefficient (Wildman–Crippen LogP) is 3.32. The summed E-state index contributed by atoms with van der Waals surface area (Å²) in [4.78, 5) is 7.00. The van der Waals surface area contributed by atoms with E-state index in [1.54, 1.807) is 11.3 Å². The Kier molecular flexibility index (Phi) is 4.40. The Hall–Kier alpha value is -0.610. The normalized spacial score (nSPS) is 19.9. The zero-order valence-corrected chi connectivity index (χ0v) is 11.7. The van der Waals surface area contributed by atoms with Gasteiger partial charge >= 0.3 is 0 Å². The van der Waals surface area contributed by atoms with Crippen LogP contribution in [-0.4, -0.2) is 18.1 Å². The summed E-state index contributed by atoms with van der Waals surface area (Å²) in [6.07, 6.45) is 8.13. The summed E-state index contributed by atoms with van der Waals surface area (Å²) in [6.45, 7) is 1.99. The van der Waals surface area contributed by atoms with Crippen LogP contribution in [0.3, 0.4) is 0 Å². The molecule has 1 aromatic rings. The number of nitrogens with two attached hydrogens (primary N) is 1. The highest BCUT2D eigenvalue weighted by atomic mass is 32.1. The molecule has 1 aliphatic carbocycles. The van der Waals surface area contributed by atoms with Crippen molar-refractivity contribution in [2.24, 2.45) is 5.73 Å². The Morgan fingerprint density at radius 1 is 1.35 bits per heavy atom. The Balaban J connectivity index is 2.03. The number of rotatable bonds is 3. The van der Waals surface area contributed by atoms with Gasteiger partial charge in [-0.2, -0.15) is 0 Å². The largest absolute Gasteiger partial charge is 0.348 e. The van der Waals surface area contributed by atoms with E-state index in [-0.39, 0.29) is 6.04 Å². The minimum absolute atomic E-state index is 0.0440. The van der Waals surface area contributed by atoms with Gasteiger partial charge in [-0.1, -0.05) is 25.7 Å². The first kappa shape index (κ1) is 12.8. The summed E-state index contributed by atoms with van der Waals surface area (Å²) < 4.78 is 0. The standard InChI is InChI=1S/C13H23N3S/c1-10(14)12-9-17-13(15-12)16(2)11-7-5-3-4-6-8-11/h9-11H,3-8,14H2,1-2H3. The van der Waals surface area contributed by atoms with E-state index in [2.05, 4.69) is 22.3 Å². The first-order valence-electron chi connectivity index (χ1n) is 6.62. The first-order chi connectivity index (χ1) is 8.18. The third-order valence-electron chi connectivity index (χ3n) is 3.65. The van der Waals surface area contributed by atoms with Gasteiger partial charge < -0.3 is 10.6 Å². The van der Waals surface area contributed by atoms with Gasteiger partial charge in [0.15, 0.2) is 5.13 Å². The number of anilines is 1. The Morgan fingerprint density at radius 2 is 2.00 bits per heavy atom. The van der Waals surface area contributed by atoms with Gasteiger partial charge in [0.05, 0.1) is 5.69 Å². The van der Waals surface area contributed by atoms with Crippen LogP contribution < -0.4 is 10.6 Å². The van der Waals surface area contributed by atoms with Crippen LogP contribution in [-0.2, 0) is 0 Å². The van der Waals surface area contributed by atoms with Gasteiger partial charge in [-0.15, -0.1) is 11.3 Å². The smallest absolute Gasteiger partial charge is 0.185 e. The van der Waals surface area contributed by atoms with Crippen molar-refractivity contribution in [2.75, 3.05) is 11.9 Å². The molecule has 0 amide bonds. The molecule has 1 saturated carbocycles. The molecule has 4 heteroatoms. The van der Waals surface area contributed by atoms with Crippen molar-refractivity contribution >= 4 is 16.5 Å². The maximum atomic E-state index is 5.86. The number of hydrogen-bond acceptors (Lipinski definition) is 4. The number of aromatic nitrogens is 1. The molecule has 96 valence electrons. The van der Waals surface area contributed by atoms with Crippen LogP contribution in [0.1, 0.15) is 57.2 Å². The van der Waals surface area contributed by atoms with Crippen molar-refractivity contribution in [1.29, 1.82) is 0 Å². The predicted molar refractivity (Wildman–Crippen MR) is 74.6 cm³/mol. The highest BCUT2D eigenvalue weighted by Crippen LogP contribution is 2.28. The van der Waals surface area contributed by atoms with E-state index in [0.29, 0.717) is 6.04 Å². The van der Waals surface area contributed by atoms with Gasteiger partial charge in [0.1, 0.15) is 0 Å². The van der Waals surface area contributed by atoms with E-state index < -0.39 is 0 Å². The van der Waals surface area contributed by atoms with Crippen LogP contribution in [0.15, 0.2) is 5.38 Å². The molecule has 0 aromatic carbocycles. The van der Waals surface area contributed by atoms with Crippen LogP contribution in [0, 0.1) is 0 Å². The molecule has 0 bridgehead atoms. The summed E-state index contributed by atoms with van der Waals surface area (Å²) >= 11 is 1.72. The molecular formula is C13H23N3S. The Bertz CT molecular complexity index is 340. The lowest BCUT2D eigenvalue weighted by molar-refractivity contribution is 0.551. The number of nitrogens with zero attached hydrogens (tertiary/aromatic N) is 2. The van der Waals surface area contributed by atoms with Gasteiger partial charge in [0.2, 0.25) is 0 Å². The minimum atomic E-state index is 0.0440. The zero-order valence-electron chi connectivity index (χ0n) is 10.9. The number of thiazole rings is 1. The first-order valence-corrected chi connectivity index (χ1v) is 7.50. The summed E-state index contributed by atoms with van der Waals surface area (Å²) in [5.74, 6) is 0. The van der Waals surface area contributed by atoms with Crippen molar-refractivity contribution in [1.82, 2.24) is 4.98 Å². The van der Waals surface area contributed by atoms with Gasteiger partial charge in [0, 0.05) is 24.5 Å². The van der Waals surface area contributed by atoms with E-state index in [0.717, 1.165) is 10.8 Å². The third kappa shape index (κ3) is 3.19. The second kappa shape index (κ2) is 5.83. The van der Waals surface area contributed by atoms with E-state index >= 15 is 0 Å². The van der Waals surface area contributed by atoms with Gasteiger partial charge in [0.25, 0.3) is 0 Å². The summed E-state index contributed by atoms with van der Waals surface area (Å²) in [7, 11) is 2.18. The summed E-state index contributed by atoms with van der Waals surface area (Å²) in [5, 5.41) is 3.22. The molecule has 2 N–H and O–H groups in total. The molecule has 1 unspecified atom stereocenters. The van der Waals surface area contributed by atoms with Crippen molar-refractivity contribution in [3.8, 4) is 0 Å². The average molecular weight is 253 g/mol. The van der Waals surface area contributed by atoms with Crippen molar-refractivity contribution in [3.63, 3.8) is 0 Å². The van der Waals surface area contributed by atoms with E-state index in [4.69, 9.17) is 5.73 Å². The topological polar surface area (TPSA) is 42.1 Å².